The number of hydrogen-bond donors (Lipinski definition) is 3. The van der Waals surface area contributed by atoms with Gasteiger partial charge in [-0.3, -0.25) is 9.59 Å². The minimum absolute atomic E-state index is 0.131. The number of carbonyl (C=O) groups is 1. The highest BCUT2D eigenvalue weighted by Gasteiger charge is 2.12. The van der Waals surface area contributed by atoms with Crippen molar-refractivity contribution in [3.63, 3.8) is 0 Å². The third-order valence-corrected chi connectivity index (χ3v) is 5.46. The normalized spacial score (nSPS) is 11.0. The van der Waals surface area contributed by atoms with Crippen molar-refractivity contribution < 1.29 is 13.7 Å². The highest BCUT2D eigenvalue weighted by atomic mass is 35.5. The summed E-state index contributed by atoms with van der Waals surface area (Å²) in [4.78, 5) is 28.2. The third-order valence-electron chi connectivity index (χ3n) is 5.10. The Hall–Kier alpha value is -3.79. The molecule has 11 heteroatoms. The first-order chi connectivity index (χ1) is 16.5. The van der Waals surface area contributed by atoms with E-state index in [9.17, 15) is 14.0 Å². The Bertz CT molecular complexity index is 1360. The predicted octanol–water partition coefficient (Wildman–Crippen LogP) is 3.24. The Labute approximate surface area is 198 Å². The van der Waals surface area contributed by atoms with Crippen molar-refractivity contribution in [2.45, 2.75) is 25.7 Å². The van der Waals surface area contributed by atoms with E-state index in [-0.39, 0.29) is 17.9 Å². The van der Waals surface area contributed by atoms with Crippen LogP contribution >= 0.6 is 11.6 Å². The molecule has 2 heterocycles. The van der Waals surface area contributed by atoms with Crippen LogP contribution in [0.2, 0.25) is 5.02 Å². The standard InChI is InChI=1S/C23H22ClFN6O3/c24-18-13-15(25)7-6-14(18)12-19-28-21(34-31-19)9-8-20(32)26-10-3-11-27-22-16-4-1-2-5-17(16)23(33)30-29-22/h1-2,4-7,13H,3,8-12H2,(H,26,32)(H,27,29)(H,30,33). The lowest BCUT2D eigenvalue weighted by Gasteiger charge is -2.08. The zero-order chi connectivity index (χ0) is 23.9. The van der Waals surface area contributed by atoms with Gasteiger partial charge in [-0.2, -0.15) is 10.1 Å². The molecule has 9 nitrogen and oxygen atoms in total. The molecule has 0 aliphatic heterocycles. The van der Waals surface area contributed by atoms with Crippen molar-refractivity contribution in [2.24, 2.45) is 0 Å². The maximum Gasteiger partial charge on any atom is 0.272 e. The van der Waals surface area contributed by atoms with E-state index >= 15 is 0 Å². The molecular formula is C23H22ClFN6O3. The molecule has 4 aromatic rings. The molecular weight excluding hydrogens is 463 g/mol. The summed E-state index contributed by atoms with van der Waals surface area (Å²) in [6.45, 7) is 1.05. The molecule has 2 aromatic heterocycles. The number of carbonyl (C=O) groups excluding carboxylic acids is 1. The lowest BCUT2D eigenvalue weighted by Crippen LogP contribution is -2.26. The molecule has 0 aliphatic carbocycles. The second kappa shape index (κ2) is 10.9. The number of aromatic nitrogens is 4. The molecule has 0 saturated heterocycles. The minimum Gasteiger partial charge on any atom is -0.368 e. The largest absolute Gasteiger partial charge is 0.368 e. The molecule has 3 N–H and O–H groups in total. The number of rotatable bonds is 10. The average Bonchev–Trinajstić information content (AvgIpc) is 3.28. The highest BCUT2D eigenvalue weighted by molar-refractivity contribution is 6.31. The Morgan fingerprint density at radius 3 is 2.79 bits per heavy atom. The molecule has 0 saturated carbocycles. The van der Waals surface area contributed by atoms with Crippen LogP contribution in [0.1, 0.15) is 30.1 Å². The molecule has 0 atom stereocenters. The fraction of sp³-hybridized carbons (Fsp3) is 0.261. The highest BCUT2D eigenvalue weighted by Crippen LogP contribution is 2.20. The minimum atomic E-state index is -0.411. The van der Waals surface area contributed by atoms with E-state index in [0.29, 0.717) is 65.9 Å². The maximum atomic E-state index is 13.2. The van der Waals surface area contributed by atoms with Gasteiger partial charge in [0.25, 0.3) is 5.56 Å². The summed E-state index contributed by atoms with van der Waals surface area (Å²) in [5.74, 6) is 0.815. The van der Waals surface area contributed by atoms with Crippen molar-refractivity contribution in [1.82, 2.24) is 25.7 Å². The Kier molecular flexibility index (Phi) is 7.48. The number of hydrogen-bond acceptors (Lipinski definition) is 7. The molecule has 1 amide bonds. The zero-order valence-electron chi connectivity index (χ0n) is 18.1. The van der Waals surface area contributed by atoms with Crippen LogP contribution in [0, 0.1) is 5.82 Å². The molecule has 34 heavy (non-hydrogen) atoms. The summed E-state index contributed by atoms with van der Waals surface area (Å²) < 4.78 is 18.3. The zero-order valence-corrected chi connectivity index (χ0v) is 18.9. The van der Waals surface area contributed by atoms with Gasteiger partial charge in [-0.15, -0.1) is 0 Å². The van der Waals surface area contributed by atoms with Crippen LogP contribution < -0.4 is 16.2 Å². The van der Waals surface area contributed by atoms with Crippen LogP contribution in [0.15, 0.2) is 51.8 Å². The number of amides is 1. The number of H-pyrrole nitrogens is 1. The first-order valence-corrected chi connectivity index (χ1v) is 11.1. The summed E-state index contributed by atoms with van der Waals surface area (Å²) >= 11 is 6.03. The number of fused-ring (bicyclic) bond motifs is 1. The lowest BCUT2D eigenvalue weighted by molar-refractivity contribution is -0.121. The van der Waals surface area contributed by atoms with Crippen LogP contribution in [0.3, 0.4) is 0 Å². The monoisotopic (exact) mass is 484 g/mol. The number of nitrogens with one attached hydrogen (secondary N) is 3. The molecule has 0 spiro atoms. The second-order valence-electron chi connectivity index (χ2n) is 7.59. The second-order valence-corrected chi connectivity index (χ2v) is 8.00. The van der Waals surface area contributed by atoms with Crippen LogP contribution in [0.5, 0.6) is 0 Å². The molecule has 176 valence electrons. The summed E-state index contributed by atoms with van der Waals surface area (Å²) in [7, 11) is 0. The van der Waals surface area contributed by atoms with E-state index in [0.717, 1.165) is 5.39 Å². The lowest BCUT2D eigenvalue weighted by atomic mass is 10.1. The Balaban J connectivity index is 1.17. The fourth-order valence-corrected chi connectivity index (χ4v) is 3.61. The molecule has 0 aliphatic rings. The van der Waals surface area contributed by atoms with Gasteiger partial charge in [-0.1, -0.05) is 41.0 Å². The molecule has 0 unspecified atom stereocenters. The van der Waals surface area contributed by atoms with Crippen LogP contribution in [0.4, 0.5) is 10.2 Å². The van der Waals surface area contributed by atoms with Crippen molar-refractivity contribution in [3.05, 3.63) is 80.9 Å². The van der Waals surface area contributed by atoms with E-state index in [4.69, 9.17) is 16.1 Å². The number of nitrogens with zero attached hydrogens (tertiary/aromatic N) is 3. The number of halogens is 2. The molecule has 0 radical (unpaired) electrons. The smallest absolute Gasteiger partial charge is 0.272 e. The molecule has 0 fully saturated rings. The van der Waals surface area contributed by atoms with Crippen LogP contribution in [0.25, 0.3) is 10.8 Å². The van der Waals surface area contributed by atoms with E-state index < -0.39 is 5.82 Å². The summed E-state index contributed by atoms with van der Waals surface area (Å²) in [5, 5.41) is 18.1. The fourth-order valence-electron chi connectivity index (χ4n) is 3.38. The number of aryl methyl sites for hydroxylation is 1. The van der Waals surface area contributed by atoms with Crippen LogP contribution in [-0.2, 0) is 17.6 Å². The topological polar surface area (TPSA) is 126 Å². The maximum absolute atomic E-state index is 13.2. The quantitative estimate of drug-likeness (QED) is 0.295. The van der Waals surface area contributed by atoms with Gasteiger partial charge in [-0.05, 0) is 30.2 Å². The molecule has 2 aromatic carbocycles. The van der Waals surface area contributed by atoms with E-state index in [2.05, 4.69) is 31.0 Å². The SMILES string of the molecule is O=C(CCc1nc(Cc2ccc(F)cc2Cl)no1)NCCCNc1n[nH]c(=O)c2ccccc12. The van der Waals surface area contributed by atoms with Gasteiger partial charge in [0.1, 0.15) is 5.82 Å². The van der Waals surface area contributed by atoms with Crippen molar-refractivity contribution in [1.29, 1.82) is 0 Å². The van der Waals surface area contributed by atoms with Gasteiger partial charge in [0.15, 0.2) is 11.6 Å². The van der Waals surface area contributed by atoms with E-state index in [1.165, 1.54) is 12.1 Å². The van der Waals surface area contributed by atoms with Gasteiger partial charge >= 0.3 is 0 Å². The number of aromatic amines is 1. The van der Waals surface area contributed by atoms with Gasteiger partial charge < -0.3 is 15.2 Å². The number of anilines is 1. The van der Waals surface area contributed by atoms with Gasteiger partial charge in [0.2, 0.25) is 11.8 Å². The van der Waals surface area contributed by atoms with Gasteiger partial charge in [0, 0.05) is 42.8 Å². The predicted molar refractivity (Wildman–Crippen MR) is 125 cm³/mol. The summed E-state index contributed by atoms with van der Waals surface area (Å²) in [6.07, 6.45) is 1.49. The molecule has 4 rings (SSSR count). The first-order valence-electron chi connectivity index (χ1n) is 10.7. The van der Waals surface area contributed by atoms with E-state index in [1.54, 1.807) is 18.2 Å². The van der Waals surface area contributed by atoms with Crippen molar-refractivity contribution in [3.8, 4) is 0 Å². The third kappa shape index (κ3) is 5.96. The van der Waals surface area contributed by atoms with Crippen molar-refractivity contribution in [2.75, 3.05) is 18.4 Å². The number of benzene rings is 2. The van der Waals surface area contributed by atoms with Crippen molar-refractivity contribution >= 4 is 34.1 Å². The van der Waals surface area contributed by atoms with Gasteiger partial charge in [0.05, 0.1) is 5.39 Å². The Morgan fingerprint density at radius 1 is 1.15 bits per heavy atom. The Morgan fingerprint density at radius 2 is 1.97 bits per heavy atom. The summed E-state index contributed by atoms with van der Waals surface area (Å²) in [5.41, 5.74) is 0.452. The van der Waals surface area contributed by atoms with E-state index in [1.807, 2.05) is 12.1 Å². The van der Waals surface area contributed by atoms with Crippen LogP contribution in [-0.4, -0.2) is 39.3 Å². The first kappa shape index (κ1) is 23.4. The molecule has 0 bridgehead atoms. The van der Waals surface area contributed by atoms with Gasteiger partial charge in [-0.25, -0.2) is 9.49 Å². The average molecular weight is 485 g/mol. The summed E-state index contributed by atoms with van der Waals surface area (Å²) in [6, 6.07) is 11.3.